The molecule has 1 aliphatic heterocycles. The smallest absolute Gasteiger partial charge is 0.290 e. The average Bonchev–Trinajstić information content (AvgIpc) is 3.05. The van der Waals surface area contributed by atoms with E-state index < -0.39 is 0 Å². The first kappa shape index (κ1) is 17.4. The molecule has 2 aromatic rings. The second-order valence-corrected chi connectivity index (χ2v) is 5.75. The molecule has 0 spiro atoms. The van der Waals surface area contributed by atoms with Crippen molar-refractivity contribution in [1.29, 1.82) is 0 Å². The molecule has 134 valence electrons. The van der Waals surface area contributed by atoms with Crippen LogP contribution in [0.1, 0.15) is 27.5 Å². The third-order valence-corrected chi connectivity index (χ3v) is 4.06. The van der Waals surface area contributed by atoms with Crippen LogP contribution in [0, 0.1) is 0 Å². The number of nitrogens with one attached hydrogen (secondary N) is 1. The highest BCUT2D eigenvalue weighted by atomic mass is 16.5. The Morgan fingerprint density at radius 2 is 2.12 bits per heavy atom. The fourth-order valence-corrected chi connectivity index (χ4v) is 2.77. The van der Waals surface area contributed by atoms with Crippen molar-refractivity contribution in [3.8, 4) is 0 Å². The summed E-state index contributed by atoms with van der Waals surface area (Å²) in [5.41, 5.74) is 0.873. The Balaban J connectivity index is 1.84. The molecular formula is C17H22N4O4. The number of morpholine rings is 1. The van der Waals surface area contributed by atoms with Gasteiger partial charge in [0, 0.05) is 39.5 Å². The molecule has 1 saturated heterocycles. The third kappa shape index (κ3) is 3.80. The molecule has 8 heteroatoms. The predicted octanol–water partition coefficient (Wildman–Crippen LogP) is 0.573. The van der Waals surface area contributed by atoms with Gasteiger partial charge in [-0.3, -0.25) is 14.0 Å². The summed E-state index contributed by atoms with van der Waals surface area (Å²) in [6.45, 7) is 3.15. The lowest BCUT2D eigenvalue weighted by Gasteiger charge is -2.26. The van der Waals surface area contributed by atoms with Gasteiger partial charge in [0.1, 0.15) is 0 Å². The number of carbonyl (C=O) groups excluding carboxylic acids is 2. The first-order chi connectivity index (χ1) is 12.2. The number of fused-ring (bicyclic) bond motifs is 1. The van der Waals surface area contributed by atoms with Crippen LogP contribution in [0.4, 0.5) is 0 Å². The van der Waals surface area contributed by atoms with Gasteiger partial charge in [-0.05, 0) is 18.6 Å². The number of hydrogen-bond donors (Lipinski definition) is 1. The van der Waals surface area contributed by atoms with Crippen molar-refractivity contribution < 1.29 is 19.1 Å². The van der Waals surface area contributed by atoms with Crippen LogP contribution in [-0.2, 0) is 9.47 Å². The zero-order chi connectivity index (χ0) is 17.6. The van der Waals surface area contributed by atoms with E-state index in [0.29, 0.717) is 51.4 Å². The summed E-state index contributed by atoms with van der Waals surface area (Å²) in [4.78, 5) is 31.3. The van der Waals surface area contributed by atoms with Gasteiger partial charge < -0.3 is 19.7 Å². The summed E-state index contributed by atoms with van der Waals surface area (Å²) in [7, 11) is 1.62. The van der Waals surface area contributed by atoms with E-state index in [9.17, 15) is 9.59 Å². The molecule has 2 aromatic heterocycles. The van der Waals surface area contributed by atoms with Gasteiger partial charge in [-0.1, -0.05) is 6.07 Å². The molecular weight excluding hydrogens is 324 g/mol. The van der Waals surface area contributed by atoms with Crippen LogP contribution in [0.25, 0.3) is 5.52 Å². The van der Waals surface area contributed by atoms with E-state index in [1.807, 2.05) is 12.1 Å². The molecule has 0 aromatic carbocycles. The van der Waals surface area contributed by atoms with E-state index in [2.05, 4.69) is 10.3 Å². The van der Waals surface area contributed by atoms with Crippen LogP contribution in [0.2, 0.25) is 0 Å². The lowest BCUT2D eigenvalue weighted by Crippen LogP contribution is -2.41. The number of aromatic nitrogens is 2. The molecule has 0 unspecified atom stereocenters. The minimum absolute atomic E-state index is 0.192. The monoisotopic (exact) mass is 346 g/mol. The summed E-state index contributed by atoms with van der Waals surface area (Å²) in [6, 6.07) is 5.42. The Kier molecular flexibility index (Phi) is 5.62. The maximum Gasteiger partial charge on any atom is 0.290 e. The maximum absolute atomic E-state index is 12.8. The fourth-order valence-electron chi connectivity index (χ4n) is 2.77. The Bertz CT molecular complexity index is 752. The van der Waals surface area contributed by atoms with Gasteiger partial charge in [0.05, 0.1) is 18.7 Å². The fraction of sp³-hybridized carbons (Fsp3) is 0.471. The Labute approximate surface area is 145 Å². The number of rotatable bonds is 6. The summed E-state index contributed by atoms with van der Waals surface area (Å²) < 4.78 is 11.9. The second-order valence-electron chi connectivity index (χ2n) is 5.75. The maximum atomic E-state index is 12.8. The molecule has 8 nitrogen and oxygen atoms in total. The quantitative estimate of drug-likeness (QED) is 0.773. The molecule has 0 bridgehead atoms. The molecule has 25 heavy (non-hydrogen) atoms. The number of pyridine rings is 1. The van der Waals surface area contributed by atoms with Gasteiger partial charge in [0.2, 0.25) is 5.82 Å². The van der Waals surface area contributed by atoms with Crippen LogP contribution in [0.3, 0.4) is 0 Å². The Morgan fingerprint density at radius 1 is 1.32 bits per heavy atom. The highest BCUT2D eigenvalue weighted by Gasteiger charge is 2.26. The van der Waals surface area contributed by atoms with Gasteiger partial charge in [0.15, 0.2) is 5.69 Å². The molecule has 0 radical (unpaired) electrons. The zero-order valence-corrected chi connectivity index (χ0v) is 14.2. The van der Waals surface area contributed by atoms with Crippen molar-refractivity contribution in [1.82, 2.24) is 19.6 Å². The number of nitrogens with zero attached hydrogens (tertiary/aromatic N) is 3. The number of ether oxygens (including phenoxy) is 2. The summed E-state index contributed by atoms with van der Waals surface area (Å²) >= 11 is 0. The van der Waals surface area contributed by atoms with Gasteiger partial charge in [-0.15, -0.1) is 0 Å². The van der Waals surface area contributed by atoms with Gasteiger partial charge in [-0.2, -0.15) is 0 Å². The highest BCUT2D eigenvalue weighted by Crippen LogP contribution is 2.15. The van der Waals surface area contributed by atoms with Crippen molar-refractivity contribution >= 4 is 17.3 Å². The first-order valence-electron chi connectivity index (χ1n) is 8.33. The topological polar surface area (TPSA) is 85.2 Å². The first-order valence-corrected chi connectivity index (χ1v) is 8.33. The number of carbonyl (C=O) groups is 2. The van der Waals surface area contributed by atoms with Crippen molar-refractivity contribution in [2.75, 3.05) is 46.6 Å². The largest absolute Gasteiger partial charge is 0.385 e. The van der Waals surface area contributed by atoms with E-state index in [0.717, 1.165) is 0 Å². The van der Waals surface area contributed by atoms with E-state index in [4.69, 9.17) is 9.47 Å². The van der Waals surface area contributed by atoms with Crippen LogP contribution in [0.5, 0.6) is 0 Å². The summed E-state index contributed by atoms with van der Waals surface area (Å²) in [6.07, 6.45) is 2.46. The van der Waals surface area contributed by atoms with Crippen LogP contribution in [-0.4, -0.2) is 72.7 Å². The number of amides is 2. The predicted molar refractivity (Wildman–Crippen MR) is 90.7 cm³/mol. The van der Waals surface area contributed by atoms with Gasteiger partial charge in [-0.25, -0.2) is 4.98 Å². The van der Waals surface area contributed by atoms with Crippen molar-refractivity contribution in [2.24, 2.45) is 0 Å². The van der Waals surface area contributed by atoms with Crippen LogP contribution < -0.4 is 5.32 Å². The van der Waals surface area contributed by atoms with E-state index in [1.54, 1.807) is 28.7 Å². The van der Waals surface area contributed by atoms with Gasteiger partial charge in [0.25, 0.3) is 11.8 Å². The lowest BCUT2D eigenvalue weighted by atomic mass is 10.3. The van der Waals surface area contributed by atoms with Gasteiger partial charge >= 0.3 is 0 Å². The van der Waals surface area contributed by atoms with Crippen LogP contribution in [0.15, 0.2) is 24.4 Å². The van der Waals surface area contributed by atoms with E-state index in [1.165, 1.54) is 0 Å². The molecule has 1 aliphatic rings. The SMILES string of the molecule is COCCCNC(=O)c1nc(C(=O)N2CCOCC2)n2ccccc12. The second kappa shape index (κ2) is 8.09. The Morgan fingerprint density at radius 3 is 2.88 bits per heavy atom. The molecule has 0 atom stereocenters. The summed E-state index contributed by atoms with van der Waals surface area (Å²) in [5.74, 6) is -0.233. The zero-order valence-electron chi connectivity index (χ0n) is 14.2. The number of methoxy groups -OCH3 is 1. The molecule has 0 aliphatic carbocycles. The minimum atomic E-state index is -0.291. The molecule has 1 fully saturated rings. The molecule has 3 heterocycles. The average molecular weight is 346 g/mol. The normalized spacial score (nSPS) is 14.7. The van der Waals surface area contributed by atoms with Crippen molar-refractivity contribution in [3.05, 3.63) is 35.9 Å². The van der Waals surface area contributed by atoms with Crippen LogP contribution >= 0.6 is 0 Å². The van der Waals surface area contributed by atoms with E-state index >= 15 is 0 Å². The lowest BCUT2D eigenvalue weighted by molar-refractivity contribution is 0.0294. The third-order valence-electron chi connectivity index (χ3n) is 4.06. The molecule has 3 rings (SSSR count). The Hall–Kier alpha value is -2.45. The standard InChI is InChI=1S/C17H22N4O4/c1-24-10-4-6-18-16(22)14-13-5-2-3-7-21(13)15(19-14)17(23)20-8-11-25-12-9-20/h2-3,5,7H,4,6,8-12H2,1H3,(H,18,22). The van der Waals surface area contributed by atoms with Crippen molar-refractivity contribution in [3.63, 3.8) is 0 Å². The molecule has 1 N–H and O–H groups in total. The minimum Gasteiger partial charge on any atom is -0.385 e. The highest BCUT2D eigenvalue weighted by molar-refractivity contribution is 6.02. The molecule has 2 amide bonds. The van der Waals surface area contributed by atoms with Crippen molar-refractivity contribution in [2.45, 2.75) is 6.42 Å². The van der Waals surface area contributed by atoms with E-state index in [-0.39, 0.29) is 23.3 Å². The molecule has 0 saturated carbocycles. The number of imidazole rings is 1. The summed E-state index contributed by atoms with van der Waals surface area (Å²) in [5, 5.41) is 2.82. The number of hydrogen-bond acceptors (Lipinski definition) is 5.